The summed E-state index contributed by atoms with van der Waals surface area (Å²) in [6, 6.07) is 14.6. The van der Waals surface area contributed by atoms with Gasteiger partial charge in [0, 0.05) is 23.4 Å². The molecule has 1 aromatic carbocycles. The summed E-state index contributed by atoms with van der Waals surface area (Å²) in [6.07, 6.45) is 4.70. The van der Waals surface area contributed by atoms with Crippen LogP contribution in [0.3, 0.4) is 0 Å². The summed E-state index contributed by atoms with van der Waals surface area (Å²) in [5.41, 5.74) is 9.35. The van der Waals surface area contributed by atoms with Crippen molar-refractivity contribution >= 4 is 5.82 Å². The summed E-state index contributed by atoms with van der Waals surface area (Å²) < 4.78 is 5.50. The highest BCUT2D eigenvalue weighted by Gasteiger charge is 2.35. The smallest absolute Gasteiger partial charge is 0.189 e. The van der Waals surface area contributed by atoms with Gasteiger partial charge in [0.2, 0.25) is 0 Å². The third kappa shape index (κ3) is 3.88. The molecule has 0 bridgehead atoms. The van der Waals surface area contributed by atoms with Crippen molar-refractivity contribution in [3.63, 3.8) is 0 Å². The number of phenolic OH excluding ortho intramolecular Hbond substituents is 1. The van der Waals surface area contributed by atoms with Crippen molar-refractivity contribution in [3.05, 3.63) is 60.6 Å². The van der Waals surface area contributed by atoms with E-state index in [0.29, 0.717) is 35.7 Å². The Bertz CT molecular complexity index is 1340. The molecule has 1 saturated heterocycles. The number of hydrogen-bond acceptors (Lipinski definition) is 9. The van der Waals surface area contributed by atoms with E-state index in [2.05, 4.69) is 31.5 Å². The molecule has 0 radical (unpaired) electrons. The summed E-state index contributed by atoms with van der Waals surface area (Å²) >= 11 is 0. The van der Waals surface area contributed by atoms with Crippen LogP contribution in [0.5, 0.6) is 5.75 Å². The lowest BCUT2D eigenvalue weighted by molar-refractivity contribution is 0.375. The molecule has 0 amide bonds. The van der Waals surface area contributed by atoms with Crippen LogP contribution in [0.2, 0.25) is 0 Å². The quantitative estimate of drug-likeness (QED) is 0.436. The number of nitrogen functional groups attached to an aromatic ring is 1. The zero-order valence-electron chi connectivity index (χ0n) is 17.7. The van der Waals surface area contributed by atoms with Crippen LogP contribution in [0.25, 0.3) is 34.0 Å². The van der Waals surface area contributed by atoms with Gasteiger partial charge in [-0.1, -0.05) is 5.16 Å². The van der Waals surface area contributed by atoms with Crippen molar-refractivity contribution in [2.45, 2.75) is 18.3 Å². The van der Waals surface area contributed by atoms with Gasteiger partial charge in [-0.3, -0.25) is 4.98 Å². The van der Waals surface area contributed by atoms with Crippen molar-refractivity contribution in [1.82, 2.24) is 25.4 Å². The Morgan fingerprint density at radius 2 is 1.82 bits per heavy atom. The summed E-state index contributed by atoms with van der Waals surface area (Å²) in [7, 11) is 0. The van der Waals surface area contributed by atoms with Crippen molar-refractivity contribution in [1.29, 1.82) is 5.26 Å². The first kappa shape index (κ1) is 20.6. The summed E-state index contributed by atoms with van der Waals surface area (Å²) in [4.78, 5) is 13.5. The standard InChI is InChI=1S/C24H21N7O2/c25-14-24(6-9-27-10-7-24)21-11-16(5-8-28-21)19-13-29-23(26)22(30-19)20-12-18(31-33-20)15-1-3-17(32)4-2-15/h1-5,8,11-13,27,32H,6-7,9-10H2,(H2,26,29). The van der Waals surface area contributed by atoms with Crippen LogP contribution in [-0.4, -0.2) is 38.3 Å². The monoisotopic (exact) mass is 439 g/mol. The van der Waals surface area contributed by atoms with Crippen LogP contribution in [-0.2, 0) is 5.41 Å². The van der Waals surface area contributed by atoms with Crippen molar-refractivity contribution in [2.24, 2.45) is 0 Å². The second kappa shape index (κ2) is 8.33. The number of nitrogens with one attached hydrogen (secondary N) is 1. The molecule has 9 nitrogen and oxygen atoms in total. The van der Waals surface area contributed by atoms with Crippen LogP contribution in [0.15, 0.2) is 59.4 Å². The van der Waals surface area contributed by atoms with Gasteiger partial charge in [-0.05, 0) is 62.3 Å². The maximum Gasteiger partial charge on any atom is 0.189 e. The van der Waals surface area contributed by atoms with Gasteiger partial charge in [0.15, 0.2) is 17.3 Å². The number of rotatable bonds is 4. The van der Waals surface area contributed by atoms with E-state index < -0.39 is 5.41 Å². The zero-order valence-corrected chi connectivity index (χ0v) is 17.7. The summed E-state index contributed by atoms with van der Waals surface area (Å²) in [5.74, 6) is 0.768. The normalized spacial score (nSPS) is 15.1. The molecule has 5 rings (SSSR count). The Kier molecular flexibility index (Phi) is 5.20. The Morgan fingerprint density at radius 1 is 1.03 bits per heavy atom. The van der Waals surface area contributed by atoms with Crippen LogP contribution < -0.4 is 11.1 Å². The van der Waals surface area contributed by atoms with Gasteiger partial charge in [-0.2, -0.15) is 5.26 Å². The second-order valence-corrected chi connectivity index (χ2v) is 7.99. The van der Waals surface area contributed by atoms with E-state index in [1.54, 1.807) is 42.7 Å². The maximum absolute atomic E-state index is 9.90. The molecule has 0 spiro atoms. The Balaban J connectivity index is 1.50. The van der Waals surface area contributed by atoms with E-state index in [4.69, 9.17) is 10.3 Å². The van der Waals surface area contributed by atoms with E-state index in [0.717, 1.165) is 29.9 Å². The Hall–Kier alpha value is -4.29. The van der Waals surface area contributed by atoms with Gasteiger partial charge in [0.25, 0.3) is 0 Å². The van der Waals surface area contributed by atoms with Crippen molar-refractivity contribution in [3.8, 4) is 45.8 Å². The molecule has 164 valence electrons. The minimum absolute atomic E-state index is 0.171. The molecular formula is C24H21N7O2. The average molecular weight is 439 g/mol. The number of benzene rings is 1. The van der Waals surface area contributed by atoms with Crippen molar-refractivity contribution in [2.75, 3.05) is 18.8 Å². The number of hydrogen-bond donors (Lipinski definition) is 3. The Morgan fingerprint density at radius 3 is 2.58 bits per heavy atom. The number of phenols is 1. The number of nitrogens with two attached hydrogens (primary N) is 1. The number of piperidine rings is 1. The zero-order chi connectivity index (χ0) is 22.8. The number of aromatic hydroxyl groups is 1. The van der Waals surface area contributed by atoms with Crippen LogP contribution in [0, 0.1) is 11.3 Å². The number of nitrogens with zero attached hydrogens (tertiary/aromatic N) is 5. The van der Waals surface area contributed by atoms with Crippen LogP contribution in [0.4, 0.5) is 5.82 Å². The molecule has 9 heteroatoms. The van der Waals surface area contributed by atoms with E-state index in [1.165, 1.54) is 0 Å². The molecule has 33 heavy (non-hydrogen) atoms. The van der Waals surface area contributed by atoms with Gasteiger partial charge in [-0.15, -0.1) is 0 Å². The molecular weight excluding hydrogens is 418 g/mol. The minimum Gasteiger partial charge on any atom is -0.508 e. The molecule has 3 aromatic heterocycles. The molecule has 0 atom stereocenters. The number of aromatic nitrogens is 4. The maximum atomic E-state index is 9.90. The van der Waals surface area contributed by atoms with E-state index >= 15 is 0 Å². The molecule has 1 aliphatic heterocycles. The molecule has 4 N–H and O–H groups in total. The highest BCUT2D eigenvalue weighted by molar-refractivity contribution is 5.73. The fourth-order valence-electron chi connectivity index (χ4n) is 4.00. The van der Waals surface area contributed by atoms with Crippen molar-refractivity contribution < 1.29 is 9.63 Å². The number of nitriles is 1. The van der Waals surface area contributed by atoms with Crippen LogP contribution >= 0.6 is 0 Å². The molecule has 4 heterocycles. The highest BCUT2D eigenvalue weighted by atomic mass is 16.5. The number of anilines is 1. The third-order valence-electron chi connectivity index (χ3n) is 5.92. The summed E-state index contributed by atoms with van der Waals surface area (Å²) in [6.45, 7) is 1.56. The van der Waals surface area contributed by atoms with E-state index in [-0.39, 0.29) is 11.6 Å². The van der Waals surface area contributed by atoms with E-state index in [1.807, 2.05) is 12.1 Å². The third-order valence-corrected chi connectivity index (χ3v) is 5.92. The average Bonchev–Trinajstić information content (AvgIpc) is 3.35. The predicted molar refractivity (Wildman–Crippen MR) is 122 cm³/mol. The lowest BCUT2D eigenvalue weighted by atomic mass is 9.77. The molecule has 1 aliphatic rings. The first-order chi connectivity index (χ1) is 16.1. The van der Waals surface area contributed by atoms with E-state index in [9.17, 15) is 10.4 Å². The lowest BCUT2D eigenvalue weighted by Crippen LogP contribution is -2.39. The molecule has 4 aromatic rings. The largest absolute Gasteiger partial charge is 0.508 e. The minimum atomic E-state index is -0.616. The SMILES string of the molecule is N#CC1(c2cc(-c3cnc(N)c(-c4cc(-c5ccc(O)cc5)no4)n3)ccn2)CCNCC1. The first-order valence-electron chi connectivity index (χ1n) is 10.6. The fraction of sp³-hybridized carbons (Fsp3) is 0.208. The van der Waals surface area contributed by atoms with Gasteiger partial charge >= 0.3 is 0 Å². The molecule has 1 fully saturated rings. The molecule has 0 unspecified atom stereocenters. The van der Waals surface area contributed by atoms with Gasteiger partial charge in [-0.25, -0.2) is 9.97 Å². The van der Waals surface area contributed by atoms with Crippen LogP contribution in [0.1, 0.15) is 18.5 Å². The summed E-state index contributed by atoms with van der Waals surface area (Å²) in [5, 5.41) is 26.8. The molecule has 0 saturated carbocycles. The Labute approximate surface area is 189 Å². The fourth-order valence-corrected chi connectivity index (χ4v) is 4.00. The lowest BCUT2D eigenvalue weighted by Gasteiger charge is -2.30. The van der Waals surface area contributed by atoms with Gasteiger partial charge < -0.3 is 20.7 Å². The second-order valence-electron chi connectivity index (χ2n) is 7.99. The predicted octanol–water partition coefficient (Wildman–Crippen LogP) is 3.29. The highest BCUT2D eigenvalue weighted by Crippen LogP contribution is 2.34. The molecule has 0 aliphatic carbocycles. The first-order valence-corrected chi connectivity index (χ1v) is 10.6. The van der Waals surface area contributed by atoms with Gasteiger partial charge in [0.05, 0.1) is 23.7 Å². The topological polar surface area (TPSA) is 147 Å². The van der Waals surface area contributed by atoms with Gasteiger partial charge in [0.1, 0.15) is 16.9 Å². The number of pyridine rings is 1.